The van der Waals surface area contributed by atoms with Gasteiger partial charge in [0, 0.05) is 36.7 Å². The van der Waals surface area contributed by atoms with E-state index in [0.29, 0.717) is 28.8 Å². The summed E-state index contributed by atoms with van der Waals surface area (Å²) in [5.41, 5.74) is 4.76. The maximum absolute atomic E-state index is 12.9. The molecule has 2 aliphatic rings. The Kier molecular flexibility index (Phi) is 7.46. The van der Waals surface area contributed by atoms with Gasteiger partial charge in [-0.1, -0.05) is 71.9 Å². The van der Waals surface area contributed by atoms with Crippen molar-refractivity contribution >= 4 is 40.1 Å². The zero-order valence-corrected chi connectivity index (χ0v) is 22.2. The monoisotopic (exact) mass is 528 g/mol. The van der Waals surface area contributed by atoms with Crippen molar-refractivity contribution in [2.24, 2.45) is 10.1 Å². The number of hydrazone groups is 1. The third-order valence-corrected chi connectivity index (χ3v) is 7.55. The van der Waals surface area contributed by atoms with E-state index < -0.39 is 5.25 Å². The molecule has 2 aliphatic heterocycles. The summed E-state index contributed by atoms with van der Waals surface area (Å²) in [6, 6.07) is 23.4. The molecule has 0 bridgehead atoms. The number of anilines is 1. The molecule has 0 spiro atoms. The van der Waals surface area contributed by atoms with Gasteiger partial charge in [0.25, 0.3) is 5.91 Å². The SMILES string of the molecule is COc1cc(NC(=O)C[C@H]2SC(N3N=C(c4ccc(C)cc4)C[C@@H]3c3ccccc3)=NC2=O)cc(OC)c1. The number of aliphatic imine (C=N–C) groups is 1. The van der Waals surface area contributed by atoms with Crippen LogP contribution >= 0.6 is 11.8 Å². The predicted molar refractivity (Wildman–Crippen MR) is 150 cm³/mol. The number of methoxy groups -OCH3 is 2. The largest absolute Gasteiger partial charge is 0.497 e. The van der Waals surface area contributed by atoms with Crippen molar-refractivity contribution in [3.8, 4) is 11.5 Å². The second-order valence-corrected chi connectivity index (χ2v) is 10.3. The summed E-state index contributed by atoms with van der Waals surface area (Å²) < 4.78 is 10.5. The molecule has 2 heterocycles. The van der Waals surface area contributed by atoms with Gasteiger partial charge in [0.1, 0.15) is 16.7 Å². The number of amidine groups is 1. The standard InChI is InChI=1S/C29H28N4O4S/c1-18-9-11-19(12-10-18)24-16-25(20-7-5-4-6-8-20)33(32-24)29-31-28(35)26(38-29)17-27(34)30-21-13-22(36-2)15-23(14-21)37-3/h4-15,25-26H,16-17H2,1-3H3,(H,30,34)/t25-,26-/m1/s1. The molecule has 0 saturated heterocycles. The lowest BCUT2D eigenvalue weighted by Crippen LogP contribution is -2.25. The Bertz CT molecular complexity index is 1380. The Balaban J connectivity index is 1.32. The smallest absolute Gasteiger partial charge is 0.262 e. The van der Waals surface area contributed by atoms with Crippen LogP contribution in [0.1, 0.15) is 35.6 Å². The molecular weight excluding hydrogens is 500 g/mol. The minimum Gasteiger partial charge on any atom is -0.497 e. The van der Waals surface area contributed by atoms with E-state index in [4.69, 9.17) is 14.6 Å². The Morgan fingerprint density at radius 2 is 1.71 bits per heavy atom. The summed E-state index contributed by atoms with van der Waals surface area (Å²) in [6.07, 6.45) is 0.665. The Morgan fingerprint density at radius 3 is 2.37 bits per heavy atom. The number of rotatable bonds is 7. The van der Waals surface area contributed by atoms with Crippen LogP contribution in [0.15, 0.2) is 82.9 Å². The summed E-state index contributed by atoms with van der Waals surface area (Å²) in [6.45, 7) is 2.05. The average molecular weight is 529 g/mol. The van der Waals surface area contributed by atoms with Gasteiger partial charge >= 0.3 is 0 Å². The molecule has 0 aromatic heterocycles. The maximum Gasteiger partial charge on any atom is 0.262 e. The van der Waals surface area contributed by atoms with Gasteiger partial charge in [-0.3, -0.25) is 9.59 Å². The van der Waals surface area contributed by atoms with Gasteiger partial charge in [-0.15, -0.1) is 0 Å². The van der Waals surface area contributed by atoms with E-state index in [2.05, 4.69) is 53.6 Å². The zero-order chi connectivity index (χ0) is 26.6. The summed E-state index contributed by atoms with van der Waals surface area (Å²) >= 11 is 1.28. The molecule has 9 heteroatoms. The first-order valence-electron chi connectivity index (χ1n) is 12.2. The minimum atomic E-state index is -0.632. The molecule has 1 N–H and O–H groups in total. The highest BCUT2D eigenvalue weighted by Crippen LogP contribution is 2.38. The quantitative estimate of drug-likeness (QED) is 0.454. The van der Waals surface area contributed by atoms with Crippen LogP contribution in [0.2, 0.25) is 0 Å². The molecule has 8 nitrogen and oxygen atoms in total. The number of benzene rings is 3. The first-order valence-corrected chi connectivity index (χ1v) is 13.1. The number of ether oxygens (including phenoxy) is 2. The summed E-state index contributed by atoms with van der Waals surface area (Å²) in [4.78, 5) is 30.0. The molecule has 0 aliphatic carbocycles. The van der Waals surface area contributed by atoms with E-state index in [1.54, 1.807) is 32.4 Å². The van der Waals surface area contributed by atoms with Gasteiger partial charge in [0.05, 0.1) is 26.0 Å². The third-order valence-electron chi connectivity index (χ3n) is 6.41. The van der Waals surface area contributed by atoms with Crippen molar-refractivity contribution in [1.29, 1.82) is 0 Å². The van der Waals surface area contributed by atoms with Crippen LogP contribution in [0.4, 0.5) is 5.69 Å². The first-order chi connectivity index (χ1) is 18.4. The Hall–Kier alpha value is -4.11. The maximum atomic E-state index is 12.9. The highest BCUT2D eigenvalue weighted by Gasteiger charge is 2.39. The van der Waals surface area contributed by atoms with Crippen LogP contribution < -0.4 is 14.8 Å². The van der Waals surface area contributed by atoms with E-state index in [0.717, 1.165) is 16.8 Å². The van der Waals surface area contributed by atoms with Crippen LogP contribution in [0.3, 0.4) is 0 Å². The number of hydrogen-bond donors (Lipinski definition) is 1. The van der Waals surface area contributed by atoms with Gasteiger partial charge in [-0.05, 0) is 18.1 Å². The molecule has 3 aromatic rings. The average Bonchev–Trinajstić information content (AvgIpc) is 3.53. The Labute approximate surface area is 225 Å². The molecule has 2 amide bonds. The van der Waals surface area contributed by atoms with Gasteiger partial charge in [-0.25, -0.2) is 5.01 Å². The van der Waals surface area contributed by atoms with Crippen molar-refractivity contribution in [3.05, 3.63) is 89.5 Å². The van der Waals surface area contributed by atoms with Crippen LogP contribution in [0, 0.1) is 6.92 Å². The second-order valence-electron chi connectivity index (χ2n) is 9.08. The molecule has 0 unspecified atom stereocenters. The number of carbonyl (C=O) groups is 2. The second kappa shape index (κ2) is 11.1. The number of thioether (sulfide) groups is 1. The van der Waals surface area contributed by atoms with Crippen molar-refractivity contribution in [1.82, 2.24) is 5.01 Å². The molecule has 0 fully saturated rings. The number of hydrogen-bond acceptors (Lipinski definition) is 7. The molecule has 3 aromatic carbocycles. The molecule has 0 radical (unpaired) electrons. The normalized spacial score (nSPS) is 18.7. The van der Waals surface area contributed by atoms with E-state index in [-0.39, 0.29) is 24.3 Å². The van der Waals surface area contributed by atoms with Gasteiger partial charge in [0.15, 0.2) is 5.17 Å². The first kappa shape index (κ1) is 25.5. The van der Waals surface area contributed by atoms with E-state index in [1.165, 1.54) is 17.3 Å². The third kappa shape index (κ3) is 5.57. The van der Waals surface area contributed by atoms with Crippen LogP contribution in [-0.2, 0) is 9.59 Å². The lowest BCUT2D eigenvalue weighted by Gasteiger charge is -2.23. The summed E-state index contributed by atoms with van der Waals surface area (Å²) in [5, 5.41) is 9.44. The van der Waals surface area contributed by atoms with Crippen molar-refractivity contribution in [2.75, 3.05) is 19.5 Å². The van der Waals surface area contributed by atoms with Gasteiger partial charge < -0.3 is 14.8 Å². The number of carbonyl (C=O) groups excluding carboxylic acids is 2. The van der Waals surface area contributed by atoms with Crippen molar-refractivity contribution in [3.63, 3.8) is 0 Å². The van der Waals surface area contributed by atoms with Crippen molar-refractivity contribution in [2.45, 2.75) is 31.1 Å². The zero-order valence-electron chi connectivity index (χ0n) is 21.4. The summed E-state index contributed by atoms with van der Waals surface area (Å²) in [7, 11) is 3.09. The van der Waals surface area contributed by atoms with Crippen molar-refractivity contribution < 1.29 is 19.1 Å². The fraction of sp³-hybridized carbons (Fsp3) is 0.241. The lowest BCUT2D eigenvalue weighted by atomic mass is 9.98. The predicted octanol–water partition coefficient (Wildman–Crippen LogP) is 5.19. The highest BCUT2D eigenvalue weighted by atomic mass is 32.2. The van der Waals surface area contributed by atoms with E-state index >= 15 is 0 Å². The Morgan fingerprint density at radius 1 is 1.03 bits per heavy atom. The molecule has 194 valence electrons. The number of nitrogens with zero attached hydrogens (tertiary/aromatic N) is 3. The molecular formula is C29H28N4O4S. The minimum absolute atomic E-state index is 0.0194. The van der Waals surface area contributed by atoms with Crippen LogP contribution in [0.25, 0.3) is 0 Å². The molecule has 5 rings (SSSR count). The van der Waals surface area contributed by atoms with Crippen LogP contribution in [0.5, 0.6) is 11.5 Å². The highest BCUT2D eigenvalue weighted by molar-refractivity contribution is 8.15. The number of amides is 2. The molecule has 2 atom stereocenters. The number of aryl methyl sites for hydroxylation is 1. The van der Waals surface area contributed by atoms with E-state index in [1.807, 2.05) is 23.2 Å². The number of nitrogens with one attached hydrogen (secondary N) is 1. The lowest BCUT2D eigenvalue weighted by molar-refractivity contribution is -0.121. The molecule has 0 saturated carbocycles. The van der Waals surface area contributed by atoms with Crippen LogP contribution in [-0.4, -0.2) is 47.2 Å². The summed E-state index contributed by atoms with van der Waals surface area (Å²) in [5.74, 6) is 0.473. The van der Waals surface area contributed by atoms with Gasteiger partial charge in [0.2, 0.25) is 5.91 Å². The molecule has 38 heavy (non-hydrogen) atoms. The fourth-order valence-electron chi connectivity index (χ4n) is 4.41. The van der Waals surface area contributed by atoms with E-state index in [9.17, 15) is 9.59 Å². The topological polar surface area (TPSA) is 92.6 Å². The van der Waals surface area contributed by atoms with Gasteiger partial charge in [-0.2, -0.15) is 10.1 Å². The fourth-order valence-corrected chi connectivity index (χ4v) is 5.47.